The first-order valence-corrected chi connectivity index (χ1v) is 8.71. The smallest absolute Gasteiger partial charge is 0.0945 e. The van der Waals surface area contributed by atoms with Crippen molar-refractivity contribution in [1.29, 1.82) is 0 Å². The molecule has 1 atom stereocenters. The highest BCUT2D eigenvalue weighted by Gasteiger charge is 2.26. The maximum atomic E-state index is 4.58. The molecule has 0 aliphatic carbocycles. The fourth-order valence-electron chi connectivity index (χ4n) is 3.24. The molecule has 116 valence electrons. The van der Waals surface area contributed by atoms with Gasteiger partial charge in [0.2, 0.25) is 0 Å². The lowest BCUT2D eigenvalue weighted by Gasteiger charge is -2.30. The number of hydrogen-bond acceptors (Lipinski definition) is 4. The molecule has 0 radical (unpaired) electrons. The Morgan fingerprint density at radius 3 is 2.74 bits per heavy atom. The molecule has 0 bridgehead atoms. The number of pyridine rings is 1. The Labute approximate surface area is 140 Å². The molecule has 23 heavy (non-hydrogen) atoms. The van der Waals surface area contributed by atoms with Gasteiger partial charge in [-0.2, -0.15) is 0 Å². The molecule has 2 N–H and O–H groups in total. The summed E-state index contributed by atoms with van der Waals surface area (Å²) in [5, 5.41) is 1.16. The lowest BCUT2D eigenvalue weighted by molar-refractivity contribution is 0.757. The molecule has 0 saturated carbocycles. The quantitative estimate of drug-likeness (QED) is 0.649. The number of rotatable bonds is 2. The van der Waals surface area contributed by atoms with E-state index >= 15 is 0 Å². The van der Waals surface area contributed by atoms with Gasteiger partial charge in [0.1, 0.15) is 0 Å². The van der Waals surface area contributed by atoms with Crippen molar-refractivity contribution in [3.05, 3.63) is 71.4 Å². The van der Waals surface area contributed by atoms with Crippen molar-refractivity contribution in [3.63, 3.8) is 0 Å². The van der Waals surface area contributed by atoms with Crippen LogP contribution in [0.5, 0.6) is 0 Å². The van der Waals surface area contributed by atoms with Gasteiger partial charge in [-0.05, 0) is 23.1 Å². The minimum atomic E-state index is 0.168. The summed E-state index contributed by atoms with van der Waals surface area (Å²) in [6, 6.07) is 17.3. The SMILES string of the molecule is CC(C)c1ccccc1C1NSNc2c1ccc1cccnc21. The minimum Gasteiger partial charge on any atom is -0.314 e. The van der Waals surface area contributed by atoms with Crippen LogP contribution in [0, 0.1) is 0 Å². The summed E-state index contributed by atoms with van der Waals surface area (Å²) in [6.45, 7) is 4.49. The summed E-state index contributed by atoms with van der Waals surface area (Å²) in [4.78, 5) is 4.58. The van der Waals surface area contributed by atoms with Crippen molar-refractivity contribution < 1.29 is 0 Å². The fourth-order valence-corrected chi connectivity index (χ4v) is 3.99. The first-order valence-electron chi connectivity index (χ1n) is 7.89. The summed E-state index contributed by atoms with van der Waals surface area (Å²) in [5.74, 6) is 0.495. The molecule has 1 aliphatic heterocycles. The first-order chi connectivity index (χ1) is 11.3. The average molecular weight is 321 g/mol. The molecule has 0 amide bonds. The van der Waals surface area contributed by atoms with Gasteiger partial charge in [-0.1, -0.05) is 56.3 Å². The molecule has 3 aromatic rings. The van der Waals surface area contributed by atoms with Crippen LogP contribution in [0.2, 0.25) is 0 Å². The van der Waals surface area contributed by atoms with Crippen LogP contribution in [-0.2, 0) is 0 Å². The van der Waals surface area contributed by atoms with Gasteiger partial charge in [0.05, 0.1) is 17.2 Å². The predicted molar refractivity (Wildman–Crippen MR) is 98.5 cm³/mol. The zero-order valence-electron chi connectivity index (χ0n) is 13.2. The maximum Gasteiger partial charge on any atom is 0.0945 e. The molecule has 2 heterocycles. The van der Waals surface area contributed by atoms with E-state index in [0.717, 1.165) is 16.6 Å². The lowest BCUT2D eigenvalue weighted by Crippen LogP contribution is -2.24. The van der Waals surface area contributed by atoms with E-state index in [4.69, 9.17) is 0 Å². The number of benzene rings is 2. The summed E-state index contributed by atoms with van der Waals surface area (Å²) in [7, 11) is 0. The highest BCUT2D eigenvalue weighted by Crippen LogP contribution is 2.40. The number of aromatic nitrogens is 1. The molecule has 1 unspecified atom stereocenters. The molecule has 1 aromatic heterocycles. The number of nitrogens with zero attached hydrogens (tertiary/aromatic N) is 1. The van der Waals surface area contributed by atoms with Crippen LogP contribution in [0.15, 0.2) is 54.7 Å². The van der Waals surface area contributed by atoms with Gasteiger partial charge in [0.25, 0.3) is 0 Å². The second kappa shape index (κ2) is 5.87. The normalized spacial score (nSPS) is 17.1. The molecular formula is C19H19N3S. The Bertz CT molecular complexity index is 860. The predicted octanol–water partition coefficient (Wildman–Crippen LogP) is 5.03. The van der Waals surface area contributed by atoms with Gasteiger partial charge in [0.15, 0.2) is 0 Å². The Balaban J connectivity index is 1.90. The standard InChI is InChI=1S/C19H19N3S/c1-12(2)14-7-3-4-8-15(14)18-16-10-9-13-6-5-11-20-17(13)19(16)22-23-21-18/h3-12,18,21-22H,1-2H3. The monoisotopic (exact) mass is 321 g/mol. The van der Waals surface area contributed by atoms with Crippen LogP contribution in [0.1, 0.15) is 42.5 Å². The topological polar surface area (TPSA) is 37.0 Å². The third kappa shape index (κ3) is 2.48. The summed E-state index contributed by atoms with van der Waals surface area (Å²) >= 11 is 1.54. The molecule has 2 aromatic carbocycles. The van der Waals surface area contributed by atoms with Crippen molar-refractivity contribution in [1.82, 2.24) is 9.71 Å². The third-order valence-electron chi connectivity index (χ3n) is 4.38. The molecule has 3 nitrogen and oxygen atoms in total. The number of nitrogens with one attached hydrogen (secondary N) is 2. The molecule has 0 fully saturated rings. The van der Waals surface area contributed by atoms with E-state index in [9.17, 15) is 0 Å². The fraction of sp³-hybridized carbons (Fsp3) is 0.211. The van der Waals surface area contributed by atoms with Gasteiger partial charge in [-0.3, -0.25) is 4.98 Å². The Hall–Kier alpha value is -2.04. The number of hydrogen-bond donors (Lipinski definition) is 2. The molecule has 1 aliphatic rings. The first kappa shape index (κ1) is 14.5. The number of anilines is 1. The van der Waals surface area contributed by atoms with E-state index in [1.54, 1.807) is 0 Å². The van der Waals surface area contributed by atoms with Crippen LogP contribution >= 0.6 is 12.1 Å². The van der Waals surface area contributed by atoms with Crippen LogP contribution < -0.4 is 9.44 Å². The summed E-state index contributed by atoms with van der Waals surface area (Å²) < 4.78 is 6.93. The van der Waals surface area contributed by atoms with Gasteiger partial charge in [-0.25, -0.2) is 4.72 Å². The van der Waals surface area contributed by atoms with Crippen molar-refractivity contribution in [2.45, 2.75) is 25.8 Å². The van der Waals surface area contributed by atoms with Crippen molar-refractivity contribution in [2.24, 2.45) is 0 Å². The largest absolute Gasteiger partial charge is 0.314 e. The molecule has 4 rings (SSSR count). The van der Waals surface area contributed by atoms with Crippen molar-refractivity contribution >= 4 is 28.7 Å². The second-order valence-corrected chi connectivity index (χ2v) is 6.79. The van der Waals surface area contributed by atoms with Gasteiger partial charge < -0.3 is 4.72 Å². The second-order valence-electron chi connectivity index (χ2n) is 6.14. The lowest BCUT2D eigenvalue weighted by atomic mass is 9.89. The Morgan fingerprint density at radius 1 is 1.00 bits per heavy atom. The van der Waals surface area contributed by atoms with E-state index in [1.807, 2.05) is 12.3 Å². The Kier molecular flexibility index (Phi) is 3.71. The van der Waals surface area contributed by atoms with E-state index in [1.165, 1.54) is 28.8 Å². The highest BCUT2D eigenvalue weighted by atomic mass is 32.2. The maximum absolute atomic E-state index is 4.58. The zero-order chi connectivity index (χ0) is 15.8. The van der Waals surface area contributed by atoms with E-state index in [-0.39, 0.29) is 6.04 Å². The number of fused-ring (bicyclic) bond motifs is 3. The van der Waals surface area contributed by atoms with E-state index in [0.29, 0.717) is 5.92 Å². The van der Waals surface area contributed by atoms with Crippen LogP contribution in [-0.4, -0.2) is 4.98 Å². The summed E-state index contributed by atoms with van der Waals surface area (Å²) in [6.07, 6.45) is 1.86. The third-order valence-corrected chi connectivity index (χ3v) is 5.04. The molecule has 0 spiro atoms. The van der Waals surface area contributed by atoms with Gasteiger partial charge in [0, 0.05) is 29.3 Å². The van der Waals surface area contributed by atoms with Crippen LogP contribution in [0.4, 0.5) is 5.69 Å². The van der Waals surface area contributed by atoms with Crippen molar-refractivity contribution in [2.75, 3.05) is 4.72 Å². The Morgan fingerprint density at radius 2 is 1.87 bits per heavy atom. The molecular weight excluding hydrogens is 302 g/mol. The zero-order valence-corrected chi connectivity index (χ0v) is 14.0. The van der Waals surface area contributed by atoms with Gasteiger partial charge >= 0.3 is 0 Å². The minimum absolute atomic E-state index is 0.168. The van der Waals surface area contributed by atoms with E-state index < -0.39 is 0 Å². The van der Waals surface area contributed by atoms with E-state index in [2.05, 4.69) is 70.7 Å². The molecule has 4 heteroatoms. The average Bonchev–Trinajstić information content (AvgIpc) is 2.61. The van der Waals surface area contributed by atoms with Crippen LogP contribution in [0.3, 0.4) is 0 Å². The van der Waals surface area contributed by atoms with Gasteiger partial charge in [-0.15, -0.1) is 0 Å². The summed E-state index contributed by atoms with van der Waals surface area (Å²) in [5.41, 5.74) is 6.14. The highest BCUT2D eigenvalue weighted by molar-refractivity contribution is 7.98. The van der Waals surface area contributed by atoms with Crippen LogP contribution in [0.25, 0.3) is 10.9 Å². The molecule has 0 saturated heterocycles. The van der Waals surface area contributed by atoms with Crippen molar-refractivity contribution in [3.8, 4) is 0 Å².